The van der Waals surface area contributed by atoms with Gasteiger partial charge in [-0.05, 0) is 50.2 Å². The highest BCUT2D eigenvalue weighted by Crippen LogP contribution is 2.23. The number of hydrogen-bond donors (Lipinski definition) is 1. The second kappa shape index (κ2) is 9.09. The summed E-state index contributed by atoms with van der Waals surface area (Å²) in [5.74, 6) is -0.166. The Bertz CT molecular complexity index is 1050. The van der Waals surface area contributed by atoms with Crippen LogP contribution in [0.4, 0.5) is 5.69 Å². The molecule has 3 rings (SSSR count). The van der Waals surface area contributed by atoms with Crippen LogP contribution in [0, 0.1) is 0 Å². The Morgan fingerprint density at radius 2 is 1.60 bits per heavy atom. The van der Waals surface area contributed by atoms with E-state index in [0.29, 0.717) is 28.3 Å². The third-order valence-corrected chi connectivity index (χ3v) is 4.39. The van der Waals surface area contributed by atoms with E-state index in [9.17, 15) is 14.4 Å². The number of furan rings is 1. The van der Waals surface area contributed by atoms with Gasteiger partial charge in [-0.15, -0.1) is 0 Å². The van der Waals surface area contributed by atoms with Crippen molar-refractivity contribution in [3.8, 4) is 17.1 Å². The fourth-order valence-corrected chi connectivity index (χ4v) is 2.66. The first kappa shape index (κ1) is 20.9. The van der Waals surface area contributed by atoms with Gasteiger partial charge in [-0.3, -0.25) is 9.59 Å². The zero-order valence-electron chi connectivity index (χ0n) is 16.8. The summed E-state index contributed by atoms with van der Waals surface area (Å²) in [7, 11) is 1.55. The maximum Gasteiger partial charge on any atom is 0.375 e. The predicted octanol–water partition coefficient (Wildman–Crippen LogP) is 4.34. The number of hydrogen-bond acceptors (Lipinski definition) is 6. The number of ketones is 1. The first-order valence-corrected chi connectivity index (χ1v) is 9.24. The molecular formula is C23H21NO6. The number of ether oxygens (including phenoxy) is 2. The van der Waals surface area contributed by atoms with Gasteiger partial charge in [0.1, 0.15) is 11.5 Å². The number of esters is 1. The molecule has 0 radical (unpaired) electrons. The van der Waals surface area contributed by atoms with E-state index in [1.807, 2.05) is 0 Å². The zero-order chi connectivity index (χ0) is 21.7. The van der Waals surface area contributed by atoms with Crippen LogP contribution < -0.4 is 10.1 Å². The van der Waals surface area contributed by atoms with Crippen molar-refractivity contribution < 1.29 is 28.3 Å². The van der Waals surface area contributed by atoms with Crippen LogP contribution in [0.25, 0.3) is 11.3 Å². The Kier molecular flexibility index (Phi) is 6.32. The van der Waals surface area contributed by atoms with Gasteiger partial charge in [0, 0.05) is 16.8 Å². The second-order valence-corrected chi connectivity index (χ2v) is 6.56. The van der Waals surface area contributed by atoms with Gasteiger partial charge in [-0.2, -0.15) is 0 Å². The first-order chi connectivity index (χ1) is 14.4. The zero-order valence-corrected chi connectivity index (χ0v) is 16.8. The molecule has 1 heterocycles. The minimum Gasteiger partial charge on any atom is -0.497 e. The third-order valence-electron chi connectivity index (χ3n) is 4.39. The summed E-state index contributed by atoms with van der Waals surface area (Å²) in [6.07, 6.45) is -1.02. The number of benzene rings is 2. The summed E-state index contributed by atoms with van der Waals surface area (Å²) < 4.78 is 15.8. The molecular weight excluding hydrogens is 386 g/mol. The van der Waals surface area contributed by atoms with Gasteiger partial charge in [-0.1, -0.05) is 24.3 Å². The number of methoxy groups -OCH3 is 1. The quantitative estimate of drug-likeness (QED) is 0.462. The van der Waals surface area contributed by atoms with Crippen LogP contribution in [-0.2, 0) is 9.53 Å². The Balaban J connectivity index is 1.61. The van der Waals surface area contributed by atoms with Crippen molar-refractivity contribution in [2.75, 3.05) is 12.4 Å². The predicted molar refractivity (Wildman–Crippen MR) is 111 cm³/mol. The smallest absolute Gasteiger partial charge is 0.375 e. The van der Waals surface area contributed by atoms with Gasteiger partial charge in [0.25, 0.3) is 5.91 Å². The maximum atomic E-state index is 12.3. The molecule has 30 heavy (non-hydrogen) atoms. The van der Waals surface area contributed by atoms with E-state index in [1.165, 1.54) is 19.9 Å². The SMILES string of the molecule is COc1ccc(NC(=O)[C@H](C)OC(=O)c2ccc(-c3ccc(C(C)=O)cc3)o2)cc1. The standard InChI is InChI=1S/C23H21NO6/c1-14(25)16-4-6-17(7-5-16)20-12-13-21(30-20)23(27)29-15(2)22(26)24-18-8-10-19(28-3)11-9-18/h4-13,15H,1-3H3,(H,24,26)/t15-/m0/s1. The molecule has 3 aromatic rings. The lowest BCUT2D eigenvalue weighted by atomic mass is 10.1. The highest BCUT2D eigenvalue weighted by Gasteiger charge is 2.21. The largest absolute Gasteiger partial charge is 0.497 e. The van der Waals surface area contributed by atoms with Crippen molar-refractivity contribution in [2.24, 2.45) is 0 Å². The number of anilines is 1. The van der Waals surface area contributed by atoms with Crippen LogP contribution in [0.1, 0.15) is 34.8 Å². The Labute approximate surface area is 173 Å². The number of carbonyl (C=O) groups is 3. The normalized spacial score (nSPS) is 11.4. The molecule has 0 bridgehead atoms. The molecule has 1 amide bonds. The van der Waals surface area contributed by atoms with Gasteiger partial charge >= 0.3 is 5.97 Å². The highest BCUT2D eigenvalue weighted by atomic mass is 16.6. The summed E-state index contributed by atoms with van der Waals surface area (Å²) in [4.78, 5) is 36.0. The minimum atomic E-state index is -1.02. The number of carbonyl (C=O) groups excluding carboxylic acids is 3. The molecule has 0 aliphatic heterocycles. The van der Waals surface area contributed by atoms with E-state index >= 15 is 0 Å². The molecule has 1 N–H and O–H groups in total. The second-order valence-electron chi connectivity index (χ2n) is 6.56. The fraction of sp³-hybridized carbons (Fsp3) is 0.174. The Hall–Kier alpha value is -3.87. The molecule has 0 fully saturated rings. The molecule has 0 unspecified atom stereocenters. The molecule has 0 aliphatic carbocycles. The molecule has 0 saturated heterocycles. The lowest BCUT2D eigenvalue weighted by Crippen LogP contribution is -2.29. The van der Waals surface area contributed by atoms with Gasteiger partial charge in [-0.25, -0.2) is 4.79 Å². The van der Waals surface area contributed by atoms with Crippen LogP contribution in [0.15, 0.2) is 65.1 Å². The molecule has 0 aliphatic rings. The highest BCUT2D eigenvalue weighted by molar-refractivity contribution is 5.97. The topological polar surface area (TPSA) is 94.8 Å². The van der Waals surface area contributed by atoms with Gasteiger partial charge in [0.2, 0.25) is 5.76 Å². The average Bonchev–Trinajstić information content (AvgIpc) is 3.24. The molecule has 0 spiro atoms. The van der Waals surface area contributed by atoms with E-state index in [1.54, 1.807) is 61.7 Å². The van der Waals surface area contributed by atoms with Crippen LogP contribution in [-0.4, -0.2) is 30.9 Å². The lowest BCUT2D eigenvalue weighted by Gasteiger charge is -2.13. The van der Waals surface area contributed by atoms with Crippen molar-refractivity contribution in [1.29, 1.82) is 0 Å². The lowest BCUT2D eigenvalue weighted by molar-refractivity contribution is -0.123. The summed E-state index contributed by atoms with van der Waals surface area (Å²) in [5, 5.41) is 2.67. The number of amides is 1. The van der Waals surface area contributed by atoms with Gasteiger partial charge in [0.05, 0.1) is 7.11 Å². The van der Waals surface area contributed by atoms with E-state index < -0.39 is 18.0 Å². The molecule has 2 aromatic carbocycles. The van der Waals surface area contributed by atoms with Gasteiger partial charge in [0.15, 0.2) is 11.9 Å². The number of rotatable bonds is 7. The van der Waals surface area contributed by atoms with E-state index in [4.69, 9.17) is 13.9 Å². The molecule has 7 nitrogen and oxygen atoms in total. The van der Waals surface area contributed by atoms with Crippen LogP contribution in [0.5, 0.6) is 5.75 Å². The van der Waals surface area contributed by atoms with Crippen LogP contribution in [0.3, 0.4) is 0 Å². The van der Waals surface area contributed by atoms with Crippen molar-refractivity contribution in [3.05, 3.63) is 72.0 Å². The minimum absolute atomic E-state index is 0.0234. The fourth-order valence-electron chi connectivity index (χ4n) is 2.66. The molecule has 154 valence electrons. The third kappa shape index (κ3) is 4.94. The average molecular weight is 407 g/mol. The van der Waals surface area contributed by atoms with E-state index in [0.717, 1.165) is 0 Å². The van der Waals surface area contributed by atoms with Crippen molar-refractivity contribution in [2.45, 2.75) is 20.0 Å². The maximum absolute atomic E-state index is 12.3. The van der Waals surface area contributed by atoms with E-state index in [-0.39, 0.29) is 11.5 Å². The molecule has 1 aromatic heterocycles. The first-order valence-electron chi connectivity index (χ1n) is 9.24. The Morgan fingerprint density at radius 3 is 2.20 bits per heavy atom. The van der Waals surface area contributed by atoms with Gasteiger partial charge < -0.3 is 19.2 Å². The summed E-state index contributed by atoms with van der Waals surface area (Å²) in [5.41, 5.74) is 1.85. The molecule has 1 atom stereocenters. The van der Waals surface area contributed by atoms with Crippen molar-refractivity contribution >= 4 is 23.3 Å². The molecule has 7 heteroatoms. The van der Waals surface area contributed by atoms with Crippen molar-refractivity contribution in [1.82, 2.24) is 0 Å². The number of nitrogens with one attached hydrogen (secondary N) is 1. The summed E-state index contributed by atoms with van der Waals surface area (Å²) in [6, 6.07) is 16.7. The monoisotopic (exact) mass is 407 g/mol. The van der Waals surface area contributed by atoms with Crippen LogP contribution in [0.2, 0.25) is 0 Å². The molecule has 0 saturated carbocycles. The summed E-state index contributed by atoms with van der Waals surface area (Å²) >= 11 is 0. The van der Waals surface area contributed by atoms with Crippen molar-refractivity contribution in [3.63, 3.8) is 0 Å². The van der Waals surface area contributed by atoms with E-state index in [2.05, 4.69) is 5.32 Å². The summed E-state index contributed by atoms with van der Waals surface area (Å²) in [6.45, 7) is 2.96. The van der Waals surface area contributed by atoms with Crippen LogP contribution >= 0.6 is 0 Å². The number of Topliss-reactive ketones (excluding diaryl/α,β-unsaturated/α-hetero) is 1. The Morgan fingerprint density at radius 1 is 0.933 bits per heavy atom.